The summed E-state index contributed by atoms with van der Waals surface area (Å²) in [4.78, 5) is 0. The van der Waals surface area contributed by atoms with Crippen LogP contribution in [0.5, 0.6) is 0 Å². The van der Waals surface area contributed by atoms with E-state index < -0.39 is 0 Å². The topological polar surface area (TPSA) is 17.1 Å². The summed E-state index contributed by atoms with van der Waals surface area (Å²) in [5, 5.41) is 0. The van der Waals surface area contributed by atoms with E-state index in [0.29, 0.717) is 16.2 Å². The van der Waals surface area contributed by atoms with Crippen molar-refractivity contribution in [2.24, 2.45) is 0 Å². The van der Waals surface area contributed by atoms with Gasteiger partial charge < -0.3 is 0 Å². The fourth-order valence-electron chi connectivity index (χ4n) is 0. The Hall–Kier alpha value is 2.70. The maximum Gasteiger partial charge on any atom is 0 e. The molecule has 0 bridgehead atoms. The smallest absolute Gasteiger partial charge is 0 e. The van der Waals surface area contributed by atoms with Gasteiger partial charge in [-0.25, -0.2) is 0 Å². The van der Waals surface area contributed by atoms with Gasteiger partial charge in [0.15, 0.2) is 0 Å². The quantitative estimate of drug-likeness (QED) is 0.428. The van der Waals surface area contributed by atoms with E-state index in [0.717, 1.165) is 0 Å². The van der Waals surface area contributed by atoms with Crippen LogP contribution in [0.2, 0.25) is 0 Å². The first-order valence-corrected chi connectivity index (χ1v) is 0.866. The minimum atomic E-state index is 0. The molecule has 0 aromatic carbocycles. The molecule has 0 fully saturated rings. The van der Waals surface area contributed by atoms with Crippen molar-refractivity contribution >= 4 is 42.1 Å². The van der Waals surface area contributed by atoms with E-state index in [1.165, 1.54) is 0 Å². The Morgan fingerprint density at radius 3 is 1.20 bits per heavy atom. The second-order valence-electron chi connectivity index (χ2n) is 0. The van der Waals surface area contributed by atoms with Crippen molar-refractivity contribution in [3.05, 3.63) is 0 Å². The first kappa shape index (κ1) is 25.3. The third kappa shape index (κ3) is 20.3. The average molecular weight is 406 g/mol. The molecule has 5 heteroatoms. The number of hydrogen-bond donors (Lipinski definition) is 0. The Kier molecular flexibility index (Phi) is 151. The first-order chi connectivity index (χ1) is 1.00. The Labute approximate surface area is 89.6 Å². The van der Waals surface area contributed by atoms with Crippen LogP contribution in [0.15, 0.2) is 0 Å². The summed E-state index contributed by atoms with van der Waals surface area (Å²) < 4.78 is 8.28. The molecule has 0 amide bonds. The molecule has 0 N–H and O–H groups in total. The summed E-state index contributed by atoms with van der Waals surface area (Å²) >= 11 is 0.611. The van der Waals surface area contributed by atoms with Gasteiger partial charge in [0, 0.05) is 45.3 Å². The molecule has 0 rings (SSSR count). The zero-order chi connectivity index (χ0) is 2.00. The van der Waals surface area contributed by atoms with Crippen LogP contribution >= 0.6 is 0 Å². The van der Waals surface area contributed by atoms with E-state index in [-0.39, 0.29) is 71.2 Å². The molecule has 0 saturated heterocycles. The van der Waals surface area contributed by atoms with Crippen LogP contribution in [-0.4, -0.2) is 42.1 Å². The van der Waals surface area contributed by atoms with Gasteiger partial charge in [-0.15, -0.1) is 0 Å². The normalized spacial score (nSPS) is 0.600. The van der Waals surface area contributed by atoms with Crippen LogP contribution in [0.4, 0.5) is 0 Å². The van der Waals surface area contributed by atoms with Crippen molar-refractivity contribution in [2.75, 3.05) is 0 Å². The molecule has 0 saturated carbocycles. The Morgan fingerprint density at radius 1 is 1.20 bits per heavy atom. The third-order valence-electron chi connectivity index (χ3n) is 0. The van der Waals surface area contributed by atoms with Gasteiger partial charge in [0.25, 0.3) is 0 Å². The maximum atomic E-state index is 8.28. The van der Waals surface area contributed by atoms with Gasteiger partial charge in [-0.3, -0.25) is 0 Å². The van der Waals surface area contributed by atoms with Crippen LogP contribution in [0.25, 0.3) is 0 Å². The van der Waals surface area contributed by atoms with Gasteiger partial charge in [-0.05, 0) is 0 Å². The summed E-state index contributed by atoms with van der Waals surface area (Å²) in [7, 11) is 0. The zero-order valence-electron chi connectivity index (χ0n) is 2.32. The van der Waals surface area contributed by atoms with Gasteiger partial charge in [0.2, 0.25) is 0 Å². The molecule has 0 unspecified atom stereocenters. The van der Waals surface area contributed by atoms with Crippen LogP contribution in [0.3, 0.4) is 0 Å². The van der Waals surface area contributed by atoms with Gasteiger partial charge in [-0.2, -0.15) is 0 Å². The number of rotatable bonds is 0. The molecule has 0 aliphatic heterocycles. The summed E-state index contributed by atoms with van der Waals surface area (Å²) in [6.07, 6.45) is 0. The van der Waals surface area contributed by atoms with Crippen molar-refractivity contribution in [2.45, 2.75) is 0 Å². The molecular weight excluding hydrogens is 402 g/mol. The molecule has 22 valence electrons. The SMILES string of the molecule is [Hf].[InH3].[O]=[AlH].[Zn]. The van der Waals surface area contributed by atoms with Gasteiger partial charge in [0.05, 0.1) is 0 Å². The molecule has 0 radical (unpaired) electrons. The molecule has 0 aromatic heterocycles. The summed E-state index contributed by atoms with van der Waals surface area (Å²) in [6.45, 7) is 0. The third-order valence-corrected chi connectivity index (χ3v) is 0. The minimum absolute atomic E-state index is 0. The predicted octanol–water partition coefficient (Wildman–Crippen LogP) is -1.96. The van der Waals surface area contributed by atoms with Gasteiger partial charge >= 0.3 is 45.9 Å². The zero-order valence-corrected chi connectivity index (χ0v) is 10.3. The summed E-state index contributed by atoms with van der Waals surface area (Å²) in [5.74, 6) is 0. The van der Waals surface area contributed by atoms with E-state index in [2.05, 4.69) is 0 Å². The van der Waals surface area contributed by atoms with Crippen molar-refractivity contribution in [1.82, 2.24) is 0 Å². The van der Waals surface area contributed by atoms with Crippen molar-refractivity contribution in [3.63, 3.8) is 0 Å². The van der Waals surface area contributed by atoms with Crippen molar-refractivity contribution in [3.8, 4) is 0 Å². The van der Waals surface area contributed by atoms with E-state index in [4.69, 9.17) is 3.80 Å². The molecule has 0 aliphatic rings. The molecular formula is H4AlHfInOZn. The predicted molar refractivity (Wildman–Crippen MR) is 17.8 cm³/mol. The van der Waals surface area contributed by atoms with E-state index in [9.17, 15) is 0 Å². The Bertz CT molecular complexity index is 11.6. The van der Waals surface area contributed by atoms with Gasteiger partial charge in [-0.1, -0.05) is 0 Å². The van der Waals surface area contributed by atoms with Crippen molar-refractivity contribution < 1.29 is 49.1 Å². The molecule has 0 spiro atoms. The number of hydrogen-bond acceptors (Lipinski definition) is 1. The van der Waals surface area contributed by atoms with E-state index in [1.54, 1.807) is 0 Å². The fourth-order valence-corrected chi connectivity index (χ4v) is 0. The monoisotopic (exact) mass is 406 g/mol. The Balaban J connectivity index is -0.00000000167. The average Bonchev–Trinajstić information content (AvgIpc) is 1.00. The molecule has 0 aromatic rings. The van der Waals surface area contributed by atoms with Crippen LogP contribution < -0.4 is 0 Å². The Morgan fingerprint density at radius 2 is 1.20 bits per heavy atom. The first-order valence-electron chi connectivity index (χ1n) is 0.289. The standard InChI is InChI=1S/Al.Hf.In.O.Zn.4H. The van der Waals surface area contributed by atoms with E-state index >= 15 is 0 Å². The second-order valence-corrected chi connectivity index (χ2v) is 0. The summed E-state index contributed by atoms with van der Waals surface area (Å²) in [5.41, 5.74) is 0. The maximum absolute atomic E-state index is 8.28. The molecule has 1 nitrogen and oxygen atoms in total. The molecule has 0 aliphatic carbocycles. The fraction of sp³-hybridized carbons (Fsp3) is 0. The molecule has 0 atom stereocenters. The van der Waals surface area contributed by atoms with Crippen LogP contribution in [0, 0.1) is 0 Å². The van der Waals surface area contributed by atoms with Gasteiger partial charge in [0.1, 0.15) is 0 Å². The molecule has 0 heterocycles. The largest absolute Gasteiger partial charge is 0 e. The summed E-state index contributed by atoms with van der Waals surface area (Å²) in [6, 6.07) is 0. The van der Waals surface area contributed by atoms with Crippen LogP contribution in [0.1, 0.15) is 0 Å². The molecule has 5 heavy (non-hydrogen) atoms. The minimum Gasteiger partial charge on any atom is 0 e. The van der Waals surface area contributed by atoms with Crippen molar-refractivity contribution in [1.29, 1.82) is 0 Å². The van der Waals surface area contributed by atoms with E-state index in [1.807, 2.05) is 0 Å². The second kappa shape index (κ2) is 29.9. The van der Waals surface area contributed by atoms with Crippen LogP contribution in [-0.2, 0) is 49.1 Å².